The number of nitrogens with one attached hydrogen (secondary N) is 1. The minimum atomic E-state index is -3.93. The van der Waals surface area contributed by atoms with Gasteiger partial charge in [0.2, 0.25) is 15.9 Å². The number of carbonyl (C=O) groups is 1. The number of aromatic nitrogens is 1. The highest BCUT2D eigenvalue weighted by Crippen LogP contribution is 2.34. The van der Waals surface area contributed by atoms with E-state index in [2.05, 4.69) is 10.3 Å². The molecule has 1 N–H and O–H groups in total. The first kappa shape index (κ1) is 24.4. The highest BCUT2D eigenvalue weighted by Gasteiger charge is 2.43. The number of ether oxygens (including phenoxy) is 2. The van der Waals surface area contributed by atoms with Crippen LogP contribution >= 0.6 is 0 Å². The molecule has 184 valence electrons. The Hall–Kier alpha value is -1.75. The molecule has 1 aliphatic carbocycles. The summed E-state index contributed by atoms with van der Waals surface area (Å²) in [7, 11) is -2.28. The van der Waals surface area contributed by atoms with Crippen molar-refractivity contribution in [2.45, 2.75) is 88.0 Å². The van der Waals surface area contributed by atoms with Crippen molar-refractivity contribution in [3.8, 4) is 0 Å². The molecule has 0 aromatic carbocycles. The van der Waals surface area contributed by atoms with Crippen LogP contribution in [0.5, 0.6) is 0 Å². The van der Waals surface area contributed by atoms with Crippen molar-refractivity contribution in [1.82, 2.24) is 14.6 Å². The SMILES string of the molecule is CO[C@@H]1CCC[C@@H]1NC(=O)[C@@H]1CCCN1S(=O)(=O)c1ccc(C)nc1N1[C@@H](C)COC[C@@H]1C. The van der Waals surface area contributed by atoms with Gasteiger partial charge in [0.05, 0.1) is 37.4 Å². The fraction of sp³-hybridized carbons (Fsp3) is 0.739. The second-order valence-electron chi connectivity index (χ2n) is 9.51. The molecule has 4 rings (SSSR count). The molecule has 3 fully saturated rings. The second-order valence-corrected chi connectivity index (χ2v) is 11.4. The maximum absolute atomic E-state index is 13.9. The van der Waals surface area contributed by atoms with Crippen LogP contribution in [0.25, 0.3) is 0 Å². The predicted molar refractivity (Wildman–Crippen MR) is 125 cm³/mol. The number of anilines is 1. The molecule has 10 heteroatoms. The molecule has 33 heavy (non-hydrogen) atoms. The molecule has 3 heterocycles. The Labute approximate surface area is 196 Å². The van der Waals surface area contributed by atoms with E-state index in [4.69, 9.17) is 9.47 Å². The minimum absolute atomic E-state index is 0.0111. The number of pyridine rings is 1. The van der Waals surface area contributed by atoms with Crippen LogP contribution < -0.4 is 10.2 Å². The number of morpholine rings is 1. The maximum Gasteiger partial charge on any atom is 0.247 e. The van der Waals surface area contributed by atoms with Crippen LogP contribution in [0.3, 0.4) is 0 Å². The van der Waals surface area contributed by atoms with Crippen LogP contribution in [0.15, 0.2) is 17.0 Å². The lowest BCUT2D eigenvalue weighted by Crippen LogP contribution is -2.52. The Morgan fingerprint density at radius 2 is 1.88 bits per heavy atom. The number of carbonyl (C=O) groups excluding carboxylic acids is 1. The smallest absolute Gasteiger partial charge is 0.247 e. The Bertz CT molecular complexity index is 962. The summed E-state index contributed by atoms with van der Waals surface area (Å²) in [4.78, 5) is 20.0. The summed E-state index contributed by atoms with van der Waals surface area (Å²) in [6, 6.07) is 2.54. The molecule has 2 aliphatic heterocycles. The first-order valence-electron chi connectivity index (χ1n) is 11.9. The van der Waals surface area contributed by atoms with Crippen LogP contribution in [-0.4, -0.2) is 80.8 Å². The molecule has 0 unspecified atom stereocenters. The molecule has 9 nitrogen and oxygen atoms in total. The van der Waals surface area contributed by atoms with Crippen LogP contribution in [0.2, 0.25) is 0 Å². The van der Waals surface area contributed by atoms with Crippen molar-refractivity contribution in [3.63, 3.8) is 0 Å². The number of amides is 1. The molecule has 1 aromatic rings. The zero-order chi connectivity index (χ0) is 23.8. The van der Waals surface area contributed by atoms with Gasteiger partial charge in [-0.1, -0.05) is 0 Å². The van der Waals surface area contributed by atoms with Gasteiger partial charge in [0, 0.05) is 19.3 Å². The van der Waals surface area contributed by atoms with Gasteiger partial charge in [-0.05, 0) is 65.0 Å². The third kappa shape index (κ3) is 4.76. The van der Waals surface area contributed by atoms with Gasteiger partial charge < -0.3 is 19.7 Å². The van der Waals surface area contributed by atoms with Gasteiger partial charge in [0.1, 0.15) is 16.8 Å². The number of rotatable bonds is 6. The summed E-state index contributed by atoms with van der Waals surface area (Å²) in [5.74, 6) is 0.208. The standard InChI is InChI=1S/C23H36N4O5S/c1-15-10-11-21(22(24-15)27-16(2)13-32-14-17(27)3)33(29,30)26-12-6-8-19(26)23(28)25-18-7-5-9-20(18)31-4/h10-11,16-20H,5-9,12-14H2,1-4H3,(H,25,28)/t16-,17-,18-,19-,20+/m0/s1. The average molecular weight is 481 g/mol. The topological polar surface area (TPSA) is 101 Å². The largest absolute Gasteiger partial charge is 0.379 e. The van der Waals surface area contributed by atoms with Crippen molar-refractivity contribution in [1.29, 1.82) is 0 Å². The van der Waals surface area contributed by atoms with E-state index in [-0.39, 0.29) is 35.0 Å². The lowest BCUT2D eigenvalue weighted by atomic mass is 10.1. The lowest BCUT2D eigenvalue weighted by molar-refractivity contribution is -0.125. The van der Waals surface area contributed by atoms with Gasteiger partial charge in [-0.3, -0.25) is 4.79 Å². The Kier molecular flexibility index (Phi) is 7.28. The van der Waals surface area contributed by atoms with E-state index in [0.29, 0.717) is 38.4 Å². The number of hydrogen-bond donors (Lipinski definition) is 1. The Morgan fingerprint density at radius 3 is 2.58 bits per heavy atom. The van der Waals surface area contributed by atoms with E-state index in [1.54, 1.807) is 19.2 Å². The first-order chi connectivity index (χ1) is 15.7. The lowest BCUT2D eigenvalue weighted by Gasteiger charge is -2.40. The Balaban J connectivity index is 1.63. The predicted octanol–water partition coefficient (Wildman–Crippen LogP) is 1.84. The zero-order valence-electron chi connectivity index (χ0n) is 20.0. The summed E-state index contributed by atoms with van der Waals surface area (Å²) in [5.41, 5.74) is 0.748. The fourth-order valence-corrected chi connectivity index (χ4v) is 7.19. The second kappa shape index (κ2) is 9.85. The van der Waals surface area contributed by atoms with Gasteiger partial charge in [0.25, 0.3) is 0 Å². The number of aryl methyl sites for hydroxylation is 1. The fourth-order valence-electron chi connectivity index (χ4n) is 5.41. The summed E-state index contributed by atoms with van der Waals surface area (Å²) in [6.07, 6.45) is 3.89. The van der Waals surface area contributed by atoms with Crippen LogP contribution in [0.4, 0.5) is 5.82 Å². The normalized spacial score (nSPS) is 31.2. The highest BCUT2D eigenvalue weighted by atomic mass is 32.2. The van der Waals surface area contributed by atoms with Crippen molar-refractivity contribution < 1.29 is 22.7 Å². The summed E-state index contributed by atoms with van der Waals surface area (Å²) in [6.45, 7) is 7.22. The molecule has 3 aliphatic rings. The summed E-state index contributed by atoms with van der Waals surface area (Å²) >= 11 is 0. The van der Waals surface area contributed by atoms with E-state index in [1.165, 1.54) is 4.31 Å². The molecular weight excluding hydrogens is 444 g/mol. The van der Waals surface area contributed by atoms with Gasteiger partial charge >= 0.3 is 0 Å². The highest BCUT2D eigenvalue weighted by molar-refractivity contribution is 7.89. The monoisotopic (exact) mass is 480 g/mol. The van der Waals surface area contributed by atoms with E-state index in [9.17, 15) is 13.2 Å². The van der Waals surface area contributed by atoms with Crippen LogP contribution in [-0.2, 0) is 24.3 Å². The molecule has 1 aromatic heterocycles. The average Bonchev–Trinajstić information content (AvgIpc) is 3.43. The maximum atomic E-state index is 13.9. The van der Waals surface area contributed by atoms with Gasteiger partial charge in [-0.15, -0.1) is 0 Å². The quantitative estimate of drug-likeness (QED) is 0.663. The van der Waals surface area contributed by atoms with E-state index in [1.807, 2.05) is 25.7 Å². The molecule has 1 amide bonds. The number of hydrogen-bond acceptors (Lipinski definition) is 7. The molecule has 0 radical (unpaired) electrons. The number of nitrogens with zero attached hydrogens (tertiary/aromatic N) is 3. The van der Waals surface area contributed by atoms with Gasteiger partial charge in [0.15, 0.2) is 0 Å². The van der Waals surface area contributed by atoms with Crippen molar-refractivity contribution in [3.05, 3.63) is 17.8 Å². The Morgan fingerprint density at radius 1 is 1.15 bits per heavy atom. The molecular formula is C23H36N4O5S. The van der Waals surface area contributed by atoms with Crippen LogP contribution in [0.1, 0.15) is 51.6 Å². The first-order valence-corrected chi connectivity index (χ1v) is 13.4. The van der Waals surface area contributed by atoms with Crippen molar-refractivity contribution in [2.75, 3.05) is 31.8 Å². The minimum Gasteiger partial charge on any atom is -0.379 e. The zero-order valence-corrected chi connectivity index (χ0v) is 20.8. The van der Waals surface area contributed by atoms with Crippen molar-refractivity contribution >= 4 is 21.7 Å². The molecule has 0 spiro atoms. The van der Waals surface area contributed by atoms with Gasteiger partial charge in [-0.25, -0.2) is 13.4 Å². The summed E-state index contributed by atoms with van der Waals surface area (Å²) < 4.78 is 40.3. The molecule has 1 saturated carbocycles. The molecule has 2 saturated heterocycles. The number of sulfonamides is 1. The van der Waals surface area contributed by atoms with E-state index < -0.39 is 16.1 Å². The summed E-state index contributed by atoms with van der Waals surface area (Å²) in [5, 5.41) is 3.06. The number of methoxy groups -OCH3 is 1. The molecule has 5 atom stereocenters. The van der Waals surface area contributed by atoms with Gasteiger partial charge in [-0.2, -0.15) is 4.31 Å². The van der Waals surface area contributed by atoms with E-state index >= 15 is 0 Å². The van der Waals surface area contributed by atoms with Crippen molar-refractivity contribution in [2.24, 2.45) is 0 Å². The third-order valence-electron chi connectivity index (χ3n) is 7.07. The van der Waals surface area contributed by atoms with Crippen LogP contribution in [0, 0.1) is 6.92 Å². The molecule has 0 bridgehead atoms. The van der Waals surface area contributed by atoms with E-state index in [0.717, 1.165) is 25.0 Å². The third-order valence-corrected chi connectivity index (χ3v) is 9.00.